The summed E-state index contributed by atoms with van der Waals surface area (Å²) in [7, 11) is 1.66. The maximum Gasteiger partial charge on any atom is 0.129 e. The number of hydrogen-bond donors (Lipinski definition) is 1. The lowest BCUT2D eigenvalue weighted by Crippen LogP contribution is -2.20. The number of ether oxygens (including phenoxy) is 1. The fourth-order valence-corrected chi connectivity index (χ4v) is 3.21. The molecule has 1 unspecified atom stereocenters. The summed E-state index contributed by atoms with van der Waals surface area (Å²) in [5.74, 6) is 1.10. The number of phenolic OH excluding ortho intramolecular Hbond substituents is 1. The first-order chi connectivity index (χ1) is 11.7. The minimum absolute atomic E-state index is 0.277. The SMILES string of the molecule is COc1ccc(C2(c3ccc4cc(O)ccc4c3)C=CC=N2)cc1. The van der Waals surface area contributed by atoms with Crippen LogP contribution < -0.4 is 4.74 Å². The number of aliphatic imine (C=N–C) groups is 1. The van der Waals surface area contributed by atoms with E-state index in [0.29, 0.717) is 0 Å². The molecule has 1 aliphatic rings. The Hall–Kier alpha value is -3.07. The van der Waals surface area contributed by atoms with Gasteiger partial charge in [-0.1, -0.05) is 30.3 Å². The van der Waals surface area contributed by atoms with E-state index in [0.717, 1.165) is 27.6 Å². The Kier molecular flexibility index (Phi) is 3.35. The minimum Gasteiger partial charge on any atom is -0.508 e. The summed E-state index contributed by atoms with van der Waals surface area (Å²) in [4.78, 5) is 4.76. The van der Waals surface area contributed by atoms with Crippen molar-refractivity contribution in [3.8, 4) is 11.5 Å². The van der Waals surface area contributed by atoms with Gasteiger partial charge in [-0.15, -0.1) is 0 Å². The van der Waals surface area contributed by atoms with Gasteiger partial charge in [0.1, 0.15) is 17.0 Å². The van der Waals surface area contributed by atoms with Crippen LogP contribution in [0.3, 0.4) is 0 Å². The van der Waals surface area contributed by atoms with Crippen molar-refractivity contribution in [1.82, 2.24) is 0 Å². The van der Waals surface area contributed by atoms with E-state index in [1.807, 2.05) is 48.7 Å². The lowest BCUT2D eigenvalue weighted by atomic mass is 9.83. The minimum atomic E-state index is -0.516. The second-order valence-corrected chi connectivity index (χ2v) is 5.88. The molecule has 3 aromatic carbocycles. The number of benzene rings is 3. The highest BCUT2D eigenvalue weighted by Gasteiger charge is 2.32. The van der Waals surface area contributed by atoms with Crippen LogP contribution in [-0.4, -0.2) is 18.4 Å². The molecule has 0 saturated carbocycles. The maximum atomic E-state index is 9.64. The normalized spacial score (nSPS) is 19.0. The zero-order chi connectivity index (χ0) is 16.6. The number of aromatic hydroxyl groups is 1. The number of hydrogen-bond acceptors (Lipinski definition) is 3. The number of methoxy groups -OCH3 is 1. The van der Waals surface area contributed by atoms with Crippen molar-refractivity contribution >= 4 is 17.0 Å². The Balaban J connectivity index is 1.87. The summed E-state index contributed by atoms with van der Waals surface area (Å²) < 4.78 is 5.26. The third-order valence-electron chi connectivity index (χ3n) is 4.50. The molecular formula is C21H17NO2. The van der Waals surface area contributed by atoms with Gasteiger partial charge in [0.05, 0.1) is 7.11 Å². The second kappa shape index (κ2) is 5.53. The van der Waals surface area contributed by atoms with Crippen LogP contribution >= 0.6 is 0 Å². The van der Waals surface area contributed by atoms with Crippen LogP contribution in [0.25, 0.3) is 10.8 Å². The van der Waals surface area contributed by atoms with Crippen molar-refractivity contribution in [3.63, 3.8) is 0 Å². The molecule has 0 amide bonds. The molecule has 0 saturated heterocycles. The molecule has 3 heteroatoms. The highest BCUT2D eigenvalue weighted by Crippen LogP contribution is 2.39. The van der Waals surface area contributed by atoms with Gasteiger partial charge in [0.2, 0.25) is 0 Å². The van der Waals surface area contributed by atoms with Gasteiger partial charge in [0.15, 0.2) is 0 Å². The first-order valence-corrected chi connectivity index (χ1v) is 7.82. The lowest BCUT2D eigenvalue weighted by molar-refractivity contribution is 0.414. The molecule has 0 fully saturated rings. The van der Waals surface area contributed by atoms with E-state index in [4.69, 9.17) is 9.73 Å². The van der Waals surface area contributed by atoms with Gasteiger partial charge in [-0.2, -0.15) is 0 Å². The van der Waals surface area contributed by atoms with E-state index in [-0.39, 0.29) is 5.75 Å². The summed E-state index contributed by atoms with van der Waals surface area (Å²) in [5.41, 5.74) is 1.67. The summed E-state index contributed by atoms with van der Waals surface area (Å²) in [6, 6.07) is 19.6. The standard InChI is InChI=1S/C21H17NO2/c1-24-20-9-6-17(7-10-20)21(11-2-12-22-21)18-5-3-16-14-19(23)8-4-15(16)13-18/h2-14,23H,1H3. The van der Waals surface area contributed by atoms with Crippen LogP contribution in [0.4, 0.5) is 0 Å². The average Bonchev–Trinajstić information content (AvgIpc) is 3.12. The van der Waals surface area contributed by atoms with Gasteiger partial charge in [0.25, 0.3) is 0 Å². The Morgan fingerprint density at radius 3 is 2.29 bits per heavy atom. The topological polar surface area (TPSA) is 41.8 Å². The summed E-state index contributed by atoms with van der Waals surface area (Å²) in [5, 5.41) is 11.7. The maximum absolute atomic E-state index is 9.64. The second-order valence-electron chi connectivity index (χ2n) is 5.88. The first kappa shape index (κ1) is 14.5. The number of rotatable bonds is 3. The van der Waals surface area contributed by atoms with E-state index >= 15 is 0 Å². The molecule has 0 radical (unpaired) electrons. The van der Waals surface area contributed by atoms with Gasteiger partial charge in [0, 0.05) is 6.21 Å². The Morgan fingerprint density at radius 2 is 1.58 bits per heavy atom. The van der Waals surface area contributed by atoms with Crippen LogP contribution in [0, 0.1) is 0 Å². The zero-order valence-corrected chi connectivity index (χ0v) is 13.3. The van der Waals surface area contributed by atoms with Crippen LogP contribution in [0.1, 0.15) is 11.1 Å². The third kappa shape index (κ3) is 2.26. The van der Waals surface area contributed by atoms with Crippen LogP contribution in [-0.2, 0) is 5.54 Å². The molecule has 1 N–H and O–H groups in total. The molecule has 0 bridgehead atoms. The molecule has 3 aromatic rings. The Morgan fingerprint density at radius 1 is 0.875 bits per heavy atom. The smallest absolute Gasteiger partial charge is 0.129 e. The molecule has 0 spiro atoms. The van der Waals surface area contributed by atoms with Crippen LogP contribution in [0.15, 0.2) is 77.8 Å². The first-order valence-electron chi connectivity index (χ1n) is 7.82. The summed E-state index contributed by atoms with van der Waals surface area (Å²) in [6.07, 6.45) is 5.92. The van der Waals surface area contributed by atoms with Crippen molar-refractivity contribution in [2.24, 2.45) is 4.99 Å². The molecule has 4 rings (SSSR count). The number of fused-ring (bicyclic) bond motifs is 1. The Bertz CT molecular complexity index is 943. The van der Waals surface area contributed by atoms with Gasteiger partial charge >= 0.3 is 0 Å². The largest absolute Gasteiger partial charge is 0.508 e. The number of allylic oxidation sites excluding steroid dienone is 1. The van der Waals surface area contributed by atoms with Gasteiger partial charge < -0.3 is 9.84 Å². The molecule has 24 heavy (non-hydrogen) atoms. The fourth-order valence-electron chi connectivity index (χ4n) is 3.21. The highest BCUT2D eigenvalue weighted by atomic mass is 16.5. The third-order valence-corrected chi connectivity index (χ3v) is 4.50. The van der Waals surface area contributed by atoms with Crippen molar-refractivity contribution < 1.29 is 9.84 Å². The van der Waals surface area contributed by atoms with Gasteiger partial charge in [-0.3, -0.25) is 4.99 Å². The van der Waals surface area contributed by atoms with E-state index < -0.39 is 5.54 Å². The monoisotopic (exact) mass is 315 g/mol. The molecule has 1 aliphatic heterocycles. The summed E-state index contributed by atoms with van der Waals surface area (Å²) in [6.45, 7) is 0. The molecule has 118 valence electrons. The van der Waals surface area contributed by atoms with Gasteiger partial charge in [-0.25, -0.2) is 0 Å². The number of phenols is 1. The van der Waals surface area contributed by atoms with Crippen molar-refractivity contribution in [2.45, 2.75) is 5.54 Å². The van der Waals surface area contributed by atoms with E-state index in [1.165, 1.54) is 0 Å². The Labute approximate surface area is 140 Å². The van der Waals surface area contributed by atoms with Crippen molar-refractivity contribution in [2.75, 3.05) is 7.11 Å². The quantitative estimate of drug-likeness (QED) is 0.776. The van der Waals surface area contributed by atoms with E-state index in [9.17, 15) is 5.11 Å². The zero-order valence-electron chi connectivity index (χ0n) is 13.3. The van der Waals surface area contributed by atoms with Crippen LogP contribution in [0.2, 0.25) is 0 Å². The predicted octanol–water partition coefficient (Wildman–Crippen LogP) is 4.44. The predicted molar refractivity (Wildman–Crippen MR) is 97.0 cm³/mol. The molecule has 1 atom stereocenters. The molecular weight excluding hydrogens is 298 g/mol. The van der Waals surface area contributed by atoms with Crippen molar-refractivity contribution in [3.05, 3.63) is 83.9 Å². The molecule has 3 nitrogen and oxygen atoms in total. The summed E-state index contributed by atoms with van der Waals surface area (Å²) >= 11 is 0. The van der Waals surface area contributed by atoms with Gasteiger partial charge in [-0.05, 0) is 64.4 Å². The number of nitrogens with zero attached hydrogens (tertiary/aromatic N) is 1. The van der Waals surface area contributed by atoms with E-state index in [2.05, 4.69) is 18.2 Å². The highest BCUT2D eigenvalue weighted by molar-refractivity contribution is 5.86. The lowest BCUT2D eigenvalue weighted by Gasteiger charge is -2.26. The van der Waals surface area contributed by atoms with Crippen LogP contribution in [0.5, 0.6) is 11.5 Å². The average molecular weight is 315 g/mol. The molecule has 0 aromatic heterocycles. The molecule has 1 heterocycles. The fraction of sp³-hybridized carbons (Fsp3) is 0.0952. The molecule has 0 aliphatic carbocycles. The van der Waals surface area contributed by atoms with Crippen molar-refractivity contribution in [1.29, 1.82) is 0 Å². The van der Waals surface area contributed by atoms with E-state index in [1.54, 1.807) is 19.2 Å².